The van der Waals surface area contributed by atoms with E-state index in [1.807, 2.05) is 0 Å². The fourth-order valence-electron chi connectivity index (χ4n) is 3.50. The van der Waals surface area contributed by atoms with Crippen LogP contribution in [0.25, 0.3) is 10.2 Å². The van der Waals surface area contributed by atoms with Gasteiger partial charge in [-0.15, -0.1) is 11.3 Å². The highest BCUT2D eigenvalue weighted by Crippen LogP contribution is 2.29. The molecule has 0 radical (unpaired) electrons. The number of aromatic nitrogens is 2. The third-order valence-corrected chi connectivity index (χ3v) is 6.10. The quantitative estimate of drug-likeness (QED) is 0.738. The van der Waals surface area contributed by atoms with Gasteiger partial charge in [-0.2, -0.15) is 5.26 Å². The van der Waals surface area contributed by atoms with Gasteiger partial charge >= 0.3 is 0 Å². The summed E-state index contributed by atoms with van der Waals surface area (Å²) in [5, 5.41) is 12.5. The standard InChI is InChI=1S/C20H18N4O2S/c1-12-16-19(23-15-9-3-2-6-10-24(15)20(16)26)27-17(12)18(25)22-14-8-5-4-7-13(14)11-21/h4-5,7-8H,2-3,6,9-10H2,1H3,(H,22,25). The second-order valence-corrected chi connectivity index (χ2v) is 7.64. The maximum absolute atomic E-state index is 13.0. The number of nitrogens with one attached hydrogen (secondary N) is 1. The van der Waals surface area contributed by atoms with Crippen LogP contribution in [0.5, 0.6) is 0 Å². The number of anilines is 1. The second kappa shape index (κ2) is 6.97. The largest absolute Gasteiger partial charge is 0.320 e. The van der Waals surface area contributed by atoms with Gasteiger partial charge in [-0.25, -0.2) is 4.98 Å². The third-order valence-electron chi connectivity index (χ3n) is 4.91. The molecule has 2 aromatic heterocycles. The molecule has 136 valence electrons. The number of amides is 1. The molecular weight excluding hydrogens is 360 g/mol. The first kappa shape index (κ1) is 17.4. The van der Waals surface area contributed by atoms with Crippen molar-refractivity contribution in [3.05, 3.63) is 56.4 Å². The van der Waals surface area contributed by atoms with Gasteiger partial charge in [-0.05, 0) is 37.5 Å². The number of aryl methyl sites for hydroxylation is 2. The molecule has 1 N–H and O–H groups in total. The van der Waals surface area contributed by atoms with Crippen molar-refractivity contribution in [3.63, 3.8) is 0 Å². The van der Waals surface area contributed by atoms with E-state index in [2.05, 4.69) is 11.4 Å². The summed E-state index contributed by atoms with van der Waals surface area (Å²) in [6, 6.07) is 8.92. The summed E-state index contributed by atoms with van der Waals surface area (Å²) in [6.07, 6.45) is 3.89. The van der Waals surface area contributed by atoms with Crippen molar-refractivity contribution in [1.82, 2.24) is 9.55 Å². The second-order valence-electron chi connectivity index (χ2n) is 6.64. The molecule has 1 aromatic carbocycles. The molecular formula is C20H18N4O2S. The Balaban J connectivity index is 1.78. The fourth-order valence-corrected chi connectivity index (χ4v) is 4.58. The Morgan fingerprint density at radius 2 is 2.11 bits per heavy atom. The van der Waals surface area contributed by atoms with E-state index in [1.54, 1.807) is 35.8 Å². The first-order valence-corrected chi connectivity index (χ1v) is 9.75. The van der Waals surface area contributed by atoms with E-state index >= 15 is 0 Å². The van der Waals surface area contributed by atoms with Crippen molar-refractivity contribution in [2.24, 2.45) is 0 Å². The average Bonchev–Trinajstić information content (AvgIpc) is 2.84. The highest BCUT2D eigenvalue weighted by molar-refractivity contribution is 7.20. The SMILES string of the molecule is Cc1c(C(=O)Nc2ccccc2C#N)sc2nc3n(c(=O)c12)CCCCC3. The van der Waals surface area contributed by atoms with E-state index < -0.39 is 0 Å². The zero-order valence-electron chi connectivity index (χ0n) is 14.9. The highest BCUT2D eigenvalue weighted by Gasteiger charge is 2.22. The minimum Gasteiger partial charge on any atom is -0.320 e. The number of benzene rings is 1. The van der Waals surface area contributed by atoms with Crippen molar-refractivity contribution < 1.29 is 4.79 Å². The lowest BCUT2D eigenvalue weighted by molar-refractivity contribution is 0.103. The lowest BCUT2D eigenvalue weighted by Crippen LogP contribution is -2.24. The molecule has 0 saturated carbocycles. The van der Waals surface area contributed by atoms with Crippen LogP contribution in [0.15, 0.2) is 29.1 Å². The molecule has 7 heteroatoms. The molecule has 4 rings (SSSR count). The first-order valence-electron chi connectivity index (χ1n) is 8.93. The van der Waals surface area contributed by atoms with Gasteiger partial charge in [0.25, 0.3) is 11.5 Å². The Hall–Kier alpha value is -2.98. The molecule has 3 heterocycles. The molecule has 27 heavy (non-hydrogen) atoms. The molecule has 3 aromatic rings. The Morgan fingerprint density at radius 1 is 1.30 bits per heavy atom. The summed E-state index contributed by atoms with van der Waals surface area (Å²) in [6.45, 7) is 2.47. The summed E-state index contributed by atoms with van der Waals surface area (Å²) in [5.74, 6) is 0.492. The Kier molecular flexibility index (Phi) is 4.50. The van der Waals surface area contributed by atoms with E-state index in [0.29, 0.717) is 38.5 Å². The molecule has 1 aliphatic rings. The highest BCUT2D eigenvalue weighted by atomic mass is 32.1. The maximum atomic E-state index is 13.0. The normalized spacial score (nSPS) is 13.6. The number of hydrogen-bond acceptors (Lipinski definition) is 5. The summed E-state index contributed by atoms with van der Waals surface area (Å²) >= 11 is 1.24. The lowest BCUT2D eigenvalue weighted by Gasteiger charge is -2.08. The number of nitriles is 1. The van der Waals surface area contributed by atoms with Gasteiger partial charge in [-0.1, -0.05) is 18.6 Å². The van der Waals surface area contributed by atoms with Crippen LogP contribution < -0.4 is 10.9 Å². The number of carbonyl (C=O) groups is 1. The third kappa shape index (κ3) is 3.02. The van der Waals surface area contributed by atoms with Crippen molar-refractivity contribution >= 4 is 33.1 Å². The monoisotopic (exact) mass is 378 g/mol. The van der Waals surface area contributed by atoms with Crippen LogP contribution in [0.2, 0.25) is 0 Å². The predicted molar refractivity (Wildman–Crippen MR) is 105 cm³/mol. The predicted octanol–water partition coefficient (Wildman–Crippen LogP) is 3.62. The van der Waals surface area contributed by atoms with E-state index in [9.17, 15) is 14.9 Å². The number of rotatable bonds is 2. The topological polar surface area (TPSA) is 87.8 Å². The molecule has 0 spiro atoms. The molecule has 1 amide bonds. The summed E-state index contributed by atoms with van der Waals surface area (Å²) in [7, 11) is 0. The van der Waals surface area contributed by atoms with Crippen molar-refractivity contribution in [3.8, 4) is 6.07 Å². The van der Waals surface area contributed by atoms with Crippen LogP contribution >= 0.6 is 11.3 Å². The minimum absolute atomic E-state index is 0.0536. The molecule has 0 fully saturated rings. The Bertz CT molecular complexity index is 1150. The Labute approximate surface area is 160 Å². The van der Waals surface area contributed by atoms with Crippen LogP contribution in [0.4, 0.5) is 5.69 Å². The van der Waals surface area contributed by atoms with Crippen molar-refractivity contribution in [2.45, 2.75) is 39.2 Å². The van der Waals surface area contributed by atoms with E-state index in [4.69, 9.17) is 4.98 Å². The number of hydrogen-bond donors (Lipinski definition) is 1. The average molecular weight is 378 g/mol. The van der Waals surface area contributed by atoms with Gasteiger partial charge in [0.15, 0.2) is 0 Å². The molecule has 1 aliphatic heterocycles. The fraction of sp³-hybridized carbons (Fsp3) is 0.300. The number of nitrogens with zero attached hydrogens (tertiary/aromatic N) is 3. The first-order chi connectivity index (χ1) is 13.1. The van der Waals surface area contributed by atoms with E-state index in [1.165, 1.54) is 11.3 Å². The maximum Gasteiger partial charge on any atom is 0.266 e. The van der Waals surface area contributed by atoms with E-state index in [0.717, 1.165) is 31.5 Å². The van der Waals surface area contributed by atoms with Crippen LogP contribution in [-0.4, -0.2) is 15.5 Å². The summed E-state index contributed by atoms with van der Waals surface area (Å²) < 4.78 is 1.77. The summed E-state index contributed by atoms with van der Waals surface area (Å²) in [4.78, 5) is 31.6. The minimum atomic E-state index is -0.321. The molecule has 0 aliphatic carbocycles. The van der Waals surface area contributed by atoms with Crippen LogP contribution in [-0.2, 0) is 13.0 Å². The molecule has 0 bridgehead atoms. The van der Waals surface area contributed by atoms with Crippen molar-refractivity contribution in [1.29, 1.82) is 5.26 Å². The summed E-state index contributed by atoms with van der Waals surface area (Å²) in [5.41, 5.74) is 1.46. The van der Waals surface area contributed by atoms with Gasteiger partial charge in [0.05, 0.1) is 21.5 Å². The van der Waals surface area contributed by atoms with Gasteiger partial charge in [0, 0.05) is 13.0 Å². The smallest absolute Gasteiger partial charge is 0.266 e. The zero-order chi connectivity index (χ0) is 19.0. The van der Waals surface area contributed by atoms with Gasteiger partial charge < -0.3 is 5.32 Å². The van der Waals surface area contributed by atoms with Crippen molar-refractivity contribution in [2.75, 3.05) is 5.32 Å². The number of para-hydroxylation sites is 1. The zero-order valence-corrected chi connectivity index (χ0v) is 15.7. The molecule has 0 atom stereocenters. The van der Waals surface area contributed by atoms with Crippen LogP contribution in [0.1, 0.15) is 45.9 Å². The number of thiophene rings is 1. The van der Waals surface area contributed by atoms with Gasteiger partial charge in [-0.3, -0.25) is 14.2 Å². The van der Waals surface area contributed by atoms with Gasteiger partial charge in [0.1, 0.15) is 16.7 Å². The number of fused-ring (bicyclic) bond motifs is 2. The lowest BCUT2D eigenvalue weighted by atomic mass is 10.1. The van der Waals surface area contributed by atoms with E-state index in [-0.39, 0.29) is 11.5 Å². The Morgan fingerprint density at radius 3 is 2.93 bits per heavy atom. The van der Waals surface area contributed by atoms with Gasteiger partial charge in [0.2, 0.25) is 0 Å². The van der Waals surface area contributed by atoms with Crippen LogP contribution in [0.3, 0.4) is 0 Å². The molecule has 0 saturated heterocycles. The number of carbonyl (C=O) groups excluding carboxylic acids is 1. The molecule has 0 unspecified atom stereocenters. The molecule has 6 nitrogen and oxygen atoms in total. The van der Waals surface area contributed by atoms with Crippen LogP contribution in [0, 0.1) is 18.3 Å².